The van der Waals surface area contributed by atoms with Crippen molar-refractivity contribution in [2.45, 2.75) is 78.1 Å². The Bertz CT molecular complexity index is 543. The van der Waals surface area contributed by atoms with Crippen LogP contribution < -0.4 is 0 Å². The van der Waals surface area contributed by atoms with Crippen LogP contribution in [0.3, 0.4) is 0 Å². The summed E-state index contributed by atoms with van der Waals surface area (Å²) in [5, 5.41) is 1.38. The van der Waals surface area contributed by atoms with Crippen LogP contribution in [0.25, 0.3) is 10.2 Å². The first-order chi connectivity index (χ1) is 10.2. The second kappa shape index (κ2) is 8.53. The molecule has 1 atom stereocenters. The Labute approximate surface area is 133 Å². The lowest BCUT2D eigenvalue weighted by Gasteiger charge is -2.13. The summed E-state index contributed by atoms with van der Waals surface area (Å²) in [6, 6.07) is 6.66. The first-order valence-electron chi connectivity index (χ1n) is 8.61. The molecule has 0 aliphatic carbocycles. The Hall–Kier alpha value is -0.890. The molecule has 1 aromatic carbocycles. The van der Waals surface area contributed by atoms with Gasteiger partial charge in [0.05, 0.1) is 15.2 Å². The Balaban J connectivity index is 2.09. The fourth-order valence-corrected chi connectivity index (χ4v) is 4.01. The van der Waals surface area contributed by atoms with E-state index >= 15 is 0 Å². The lowest BCUT2D eigenvalue weighted by molar-refractivity contribution is 0.508. The topological polar surface area (TPSA) is 12.9 Å². The molecule has 0 fully saturated rings. The SMILES string of the molecule is CCCCCCC(CCCC)c1nc2cc(C)ccc2s1. The molecule has 1 aromatic heterocycles. The van der Waals surface area contributed by atoms with E-state index in [1.165, 1.54) is 72.2 Å². The maximum Gasteiger partial charge on any atom is 0.0969 e. The van der Waals surface area contributed by atoms with Crippen LogP contribution in [0.2, 0.25) is 0 Å². The first kappa shape index (κ1) is 16.5. The molecule has 0 spiro atoms. The standard InChI is InChI=1S/C19H29NS/c1-4-6-8-9-11-16(10-7-5-2)19-20-17-14-15(3)12-13-18(17)21-19/h12-14,16H,4-11H2,1-3H3. The van der Waals surface area contributed by atoms with E-state index in [-0.39, 0.29) is 0 Å². The molecule has 0 amide bonds. The van der Waals surface area contributed by atoms with Crippen LogP contribution in [0.5, 0.6) is 0 Å². The molecule has 0 saturated heterocycles. The van der Waals surface area contributed by atoms with E-state index in [0.29, 0.717) is 5.92 Å². The third-order valence-corrected chi connectivity index (χ3v) is 5.42. The predicted octanol–water partition coefficient (Wildman–Crippen LogP) is 6.85. The van der Waals surface area contributed by atoms with Crippen molar-refractivity contribution in [1.82, 2.24) is 4.98 Å². The number of thiazole rings is 1. The Morgan fingerprint density at radius 1 is 1.00 bits per heavy atom. The molecule has 2 heteroatoms. The van der Waals surface area contributed by atoms with E-state index in [2.05, 4.69) is 39.0 Å². The number of fused-ring (bicyclic) bond motifs is 1. The summed E-state index contributed by atoms with van der Waals surface area (Å²) in [6.07, 6.45) is 10.7. The summed E-state index contributed by atoms with van der Waals surface area (Å²) >= 11 is 1.92. The Kier molecular flexibility index (Phi) is 6.69. The van der Waals surface area contributed by atoms with Gasteiger partial charge < -0.3 is 0 Å². The van der Waals surface area contributed by atoms with Crippen molar-refractivity contribution >= 4 is 21.6 Å². The van der Waals surface area contributed by atoms with Crippen LogP contribution in [-0.2, 0) is 0 Å². The number of unbranched alkanes of at least 4 members (excludes halogenated alkanes) is 4. The molecular weight excluding hydrogens is 274 g/mol. The van der Waals surface area contributed by atoms with Crippen molar-refractivity contribution in [3.63, 3.8) is 0 Å². The molecule has 2 rings (SSSR count). The van der Waals surface area contributed by atoms with E-state index in [1.807, 2.05) is 11.3 Å². The molecule has 116 valence electrons. The minimum Gasteiger partial charge on any atom is -0.241 e. The number of hydrogen-bond donors (Lipinski definition) is 0. The monoisotopic (exact) mass is 303 g/mol. The van der Waals surface area contributed by atoms with Gasteiger partial charge in [0.25, 0.3) is 0 Å². The van der Waals surface area contributed by atoms with Gasteiger partial charge in [-0.3, -0.25) is 0 Å². The van der Waals surface area contributed by atoms with Gasteiger partial charge in [0, 0.05) is 5.92 Å². The Morgan fingerprint density at radius 3 is 2.52 bits per heavy atom. The molecular formula is C19H29NS. The van der Waals surface area contributed by atoms with E-state index in [9.17, 15) is 0 Å². The molecule has 0 aliphatic rings. The van der Waals surface area contributed by atoms with Crippen molar-refractivity contribution in [1.29, 1.82) is 0 Å². The second-order valence-electron chi connectivity index (χ2n) is 6.21. The third kappa shape index (κ3) is 4.81. The van der Waals surface area contributed by atoms with Crippen LogP contribution >= 0.6 is 11.3 Å². The second-order valence-corrected chi connectivity index (χ2v) is 7.27. The summed E-state index contributed by atoms with van der Waals surface area (Å²) in [7, 11) is 0. The van der Waals surface area contributed by atoms with Crippen LogP contribution in [0.4, 0.5) is 0 Å². The molecule has 1 unspecified atom stereocenters. The molecule has 0 N–H and O–H groups in total. The van der Waals surface area contributed by atoms with Gasteiger partial charge in [0.1, 0.15) is 0 Å². The van der Waals surface area contributed by atoms with E-state index in [4.69, 9.17) is 4.98 Å². The number of aromatic nitrogens is 1. The minimum atomic E-state index is 0.680. The largest absolute Gasteiger partial charge is 0.241 e. The summed E-state index contributed by atoms with van der Waals surface area (Å²) in [6.45, 7) is 6.72. The molecule has 0 bridgehead atoms. The van der Waals surface area contributed by atoms with E-state index in [0.717, 1.165) is 0 Å². The maximum absolute atomic E-state index is 4.94. The maximum atomic E-state index is 4.94. The molecule has 0 radical (unpaired) electrons. The summed E-state index contributed by atoms with van der Waals surface area (Å²) in [5.41, 5.74) is 2.51. The van der Waals surface area contributed by atoms with Crippen molar-refractivity contribution in [3.8, 4) is 0 Å². The van der Waals surface area contributed by atoms with Gasteiger partial charge in [-0.05, 0) is 37.5 Å². The highest BCUT2D eigenvalue weighted by Gasteiger charge is 2.15. The van der Waals surface area contributed by atoms with Crippen molar-refractivity contribution in [3.05, 3.63) is 28.8 Å². The number of hydrogen-bond acceptors (Lipinski definition) is 2. The lowest BCUT2D eigenvalue weighted by Crippen LogP contribution is -1.99. The summed E-state index contributed by atoms with van der Waals surface area (Å²) < 4.78 is 1.35. The zero-order chi connectivity index (χ0) is 15.1. The molecule has 1 nitrogen and oxygen atoms in total. The molecule has 21 heavy (non-hydrogen) atoms. The minimum absolute atomic E-state index is 0.680. The molecule has 0 saturated carbocycles. The van der Waals surface area contributed by atoms with Crippen LogP contribution in [0, 0.1) is 6.92 Å². The highest BCUT2D eigenvalue weighted by atomic mass is 32.1. The normalized spacial score (nSPS) is 12.9. The first-order valence-corrected chi connectivity index (χ1v) is 9.43. The Morgan fingerprint density at radius 2 is 1.76 bits per heavy atom. The van der Waals surface area contributed by atoms with Gasteiger partial charge in [0.2, 0.25) is 0 Å². The smallest absolute Gasteiger partial charge is 0.0969 e. The van der Waals surface area contributed by atoms with Gasteiger partial charge in [-0.2, -0.15) is 0 Å². The van der Waals surface area contributed by atoms with E-state index in [1.54, 1.807) is 0 Å². The van der Waals surface area contributed by atoms with Crippen LogP contribution in [0.1, 0.15) is 81.7 Å². The van der Waals surface area contributed by atoms with Gasteiger partial charge in [-0.15, -0.1) is 11.3 Å². The number of nitrogens with zero attached hydrogens (tertiary/aromatic N) is 1. The van der Waals surface area contributed by atoms with Gasteiger partial charge in [-0.25, -0.2) is 4.98 Å². The van der Waals surface area contributed by atoms with Gasteiger partial charge in [-0.1, -0.05) is 58.4 Å². The predicted molar refractivity (Wildman–Crippen MR) is 95.4 cm³/mol. The van der Waals surface area contributed by atoms with Gasteiger partial charge in [0.15, 0.2) is 0 Å². The third-order valence-electron chi connectivity index (χ3n) is 4.22. The summed E-state index contributed by atoms with van der Waals surface area (Å²) in [4.78, 5) is 4.94. The van der Waals surface area contributed by atoms with Crippen molar-refractivity contribution in [2.75, 3.05) is 0 Å². The average molecular weight is 304 g/mol. The quantitative estimate of drug-likeness (QED) is 0.462. The zero-order valence-corrected chi connectivity index (χ0v) is 14.6. The average Bonchev–Trinajstić information content (AvgIpc) is 2.89. The molecule has 2 aromatic rings. The number of rotatable bonds is 9. The lowest BCUT2D eigenvalue weighted by atomic mass is 9.96. The number of aryl methyl sites for hydroxylation is 1. The molecule has 1 heterocycles. The van der Waals surface area contributed by atoms with Gasteiger partial charge >= 0.3 is 0 Å². The highest BCUT2D eigenvalue weighted by molar-refractivity contribution is 7.18. The molecule has 0 aliphatic heterocycles. The number of benzene rings is 1. The fourth-order valence-electron chi connectivity index (χ4n) is 2.89. The van der Waals surface area contributed by atoms with Crippen LogP contribution in [0.15, 0.2) is 18.2 Å². The zero-order valence-electron chi connectivity index (χ0n) is 13.8. The van der Waals surface area contributed by atoms with Crippen molar-refractivity contribution in [2.24, 2.45) is 0 Å². The van der Waals surface area contributed by atoms with Crippen LogP contribution in [-0.4, -0.2) is 4.98 Å². The highest BCUT2D eigenvalue weighted by Crippen LogP contribution is 2.34. The van der Waals surface area contributed by atoms with E-state index < -0.39 is 0 Å². The fraction of sp³-hybridized carbons (Fsp3) is 0.632. The van der Waals surface area contributed by atoms with Crippen molar-refractivity contribution < 1.29 is 0 Å². The summed E-state index contributed by atoms with van der Waals surface area (Å²) in [5.74, 6) is 0.680.